The molecular formula is C16H19NO3. The molecule has 20 heavy (non-hydrogen) atoms. The maximum Gasteiger partial charge on any atom is 0.139 e. The highest BCUT2D eigenvalue weighted by atomic mass is 16.3. The Balaban J connectivity index is 2.30. The lowest BCUT2D eigenvalue weighted by molar-refractivity contribution is 0.451. The SMILES string of the molecule is CC(C)(C)c1ccc(Nc2cc(O)cc(O)c2)c(O)c1. The molecule has 0 aliphatic carbocycles. The molecule has 4 heteroatoms. The molecule has 0 atom stereocenters. The third kappa shape index (κ3) is 3.15. The van der Waals surface area contributed by atoms with Gasteiger partial charge in [-0.2, -0.15) is 0 Å². The van der Waals surface area contributed by atoms with E-state index in [1.54, 1.807) is 12.1 Å². The number of phenols is 3. The number of anilines is 2. The van der Waals surface area contributed by atoms with Crippen LogP contribution < -0.4 is 5.32 Å². The Kier molecular flexibility index (Phi) is 3.49. The van der Waals surface area contributed by atoms with Gasteiger partial charge in [-0.3, -0.25) is 0 Å². The zero-order chi connectivity index (χ0) is 14.9. The molecule has 4 nitrogen and oxygen atoms in total. The molecule has 0 heterocycles. The predicted molar refractivity (Wildman–Crippen MR) is 79.9 cm³/mol. The molecule has 0 saturated heterocycles. The minimum absolute atomic E-state index is 0.0424. The summed E-state index contributed by atoms with van der Waals surface area (Å²) < 4.78 is 0. The van der Waals surface area contributed by atoms with Crippen LogP contribution in [0.3, 0.4) is 0 Å². The topological polar surface area (TPSA) is 72.7 Å². The Labute approximate surface area is 118 Å². The number of rotatable bonds is 2. The van der Waals surface area contributed by atoms with E-state index >= 15 is 0 Å². The fourth-order valence-corrected chi connectivity index (χ4v) is 1.93. The highest BCUT2D eigenvalue weighted by Crippen LogP contribution is 2.34. The number of nitrogens with one attached hydrogen (secondary N) is 1. The van der Waals surface area contributed by atoms with E-state index in [4.69, 9.17) is 0 Å². The van der Waals surface area contributed by atoms with E-state index < -0.39 is 0 Å². The summed E-state index contributed by atoms with van der Waals surface area (Å²) in [6.07, 6.45) is 0. The van der Waals surface area contributed by atoms with E-state index in [-0.39, 0.29) is 22.7 Å². The van der Waals surface area contributed by atoms with Gasteiger partial charge in [-0.1, -0.05) is 26.8 Å². The van der Waals surface area contributed by atoms with Gasteiger partial charge in [-0.15, -0.1) is 0 Å². The molecule has 2 rings (SSSR count). The van der Waals surface area contributed by atoms with Crippen LogP contribution in [0.4, 0.5) is 11.4 Å². The third-order valence-electron chi connectivity index (χ3n) is 3.05. The molecule has 2 aromatic carbocycles. The first-order valence-electron chi connectivity index (χ1n) is 6.39. The fraction of sp³-hybridized carbons (Fsp3) is 0.250. The van der Waals surface area contributed by atoms with Crippen molar-refractivity contribution in [1.82, 2.24) is 0 Å². The van der Waals surface area contributed by atoms with Gasteiger partial charge >= 0.3 is 0 Å². The maximum absolute atomic E-state index is 10.1. The van der Waals surface area contributed by atoms with Crippen LogP contribution in [0.5, 0.6) is 17.2 Å². The van der Waals surface area contributed by atoms with Gasteiger partial charge in [0.25, 0.3) is 0 Å². The van der Waals surface area contributed by atoms with Gasteiger partial charge < -0.3 is 20.6 Å². The molecule has 0 bridgehead atoms. The van der Waals surface area contributed by atoms with Crippen molar-refractivity contribution in [3.63, 3.8) is 0 Å². The Morgan fingerprint density at radius 3 is 1.95 bits per heavy atom. The second-order valence-corrected chi connectivity index (χ2v) is 5.85. The van der Waals surface area contributed by atoms with Crippen LogP contribution in [-0.4, -0.2) is 15.3 Å². The van der Waals surface area contributed by atoms with Crippen molar-refractivity contribution in [1.29, 1.82) is 0 Å². The van der Waals surface area contributed by atoms with Crippen LogP contribution in [0.2, 0.25) is 0 Å². The number of hydrogen-bond acceptors (Lipinski definition) is 4. The summed E-state index contributed by atoms with van der Waals surface area (Å²) in [6.45, 7) is 6.21. The van der Waals surface area contributed by atoms with E-state index in [1.165, 1.54) is 18.2 Å². The fourth-order valence-electron chi connectivity index (χ4n) is 1.93. The molecule has 0 aliphatic rings. The number of hydrogen-bond donors (Lipinski definition) is 4. The van der Waals surface area contributed by atoms with Crippen molar-refractivity contribution in [2.75, 3.05) is 5.32 Å². The minimum Gasteiger partial charge on any atom is -0.508 e. The number of aromatic hydroxyl groups is 3. The summed E-state index contributed by atoms with van der Waals surface area (Å²) in [6, 6.07) is 9.61. The van der Waals surface area contributed by atoms with Crippen LogP contribution in [-0.2, 0) is 5.41 Å². The molecule has 0 aromatic heterocycles. The van der Waals surface area contributed by atoms with Gasteiger partial charge in [0.1, 0.15) is 17.2 Å². The average molecular weight is 273 g/mol. The molecule has 0 spiro atoms. The summed E-state index contributed by atoms with van der Waals surface area (Å²) in [7, 11) is 0. The van der Waals surface area contributed by atoms with E-state index in [1.807, 2.05) is 6.07 Å². The molecular weight excluding hydrogens is 254 g/mol. The monoisotopic (exact) mass is 273 g/mol. The van der Waals surface area contributed by atoms with Crippen molar-refractivity contribution in [2.45, 2.75) is 26.2 Å². The van der Waals surface area contributed by atoms with Crippen LogP contribution >= 0.6 is 0 Å². The zero-order valence-corrected chi connectivity index (χ0v) is 11.8. The van der Waals surface area contributed by atoms with Crippen LogP contribution in [0.1, 0.15) is 26.3 Å². The quantitative estimate of drug-likeness (QED) is 0.627. The van der Waals surface area contributed by atoms with Crippen molar-refractivity contribution >= 4 is 11.4 Å². The Bertz CT molecular complexity index is 610. The lowest BCUT2D eigenvalue weighted by atomic mass is 9.87. The van der Waals surface area contributed by atoms with Crippen molar-refractivity contribution in [3.05, 3.63) is 42.0 Å². The van der Waals surface area contributed by atoms with E-state index in [2.05, 4.69) is 26.1 Å². The van der Waals surface area contributed by atoms with Gasteiger partial charge in [0.2, 0.25) is 0 Å². The predicted octanol–water partition coefficient (Wildman–Crippen LogP) is 3.84. The van der Waals surface area contributed by atoms with Crippen molar-refractivity contribution < 1.29 is 15.3 Å². The third-order valence-corrected chi connectivity index (χ3v) is 3.05. The summed E-state index contributed by atoms with van der Waals surface area (Å²) in [4.78, 5) is 0. The summed E-state index contributed by atoms with van der Waals surface area (Å²) in [5, 5.41) is 31.9. The highest BCUT2D eigenvalue weighted by Gasteiger charge is 2.15. The Morgan fingerprint density at radius 1 is 0.850 bits per heavy atom. The molecule has 0 saturated carbocycles. The van der Waals surface area contributed by atoms with Crippen LogP contribution in [0.15, 0.2) is 36.4 Å². The molecule has 2 aromatic rings. The van der Waals surface area contributed by atoms with Gasteiger partial charge in [-0.25, -0.2) is 0 Å². The van der Waals surface area contributed by atoms with E-state index in [0.717, 1.165) is 5.56 Å². The van der Waals surface area contributed by atoms with Gasteiger partial charge in [0.05, 0.1) is 5.69 Å². The van der Waals surface area contributed by atoms with E-state index in [9.17, 15) is 15.3 Å². The first-order valence-corrected chi connectivity index (χ1v) is 6.39. The molecule has 0 aliphatic heterocycles. The van der Waals surface area contributed by atoms with Gasteiger partial charge in [0, 0.05) is 23.9 Å². The van der Waals surface area contributed by atoms with Crippen LogP contribution in [0.25, 0.3) is 0 Å². The molecule has 0 radical (unpaired) electrons. The van der Waals surface area contributed by atoms with Gasteiger partial charge in [0.15, 0.2) is 0 Å². The first-order chi connectivity index (χ1) is 9.25. The zero-order valence-electron chi connectivity index (χ0n) is 11.8. The molecule has 0 amide bonds. The largest absolute Gasteiger partial charge is 0.508 e. The highest BCUT2D eigenvalue weighted by molar-refractivity contribution is 5.68. The Hall–Kier alpha value is -2.36. The smallest absolute Gasteiger partial charge is 0.139 e. The second-order valence-electron chi connectivity index (χ2n) is 5.85. The van der Waals surface area contributed by atoms with Gasteiger partial charge in [-0.05, 0) is 23.1 Å². The standard InChI is InChI=1S/C16H19NO3/c1-16(2,3)10-4-5-14(15(20)6-10)17-11-7-12(18)9-13(19)8-11/h4-9,17-20H,1-3H3. The van der Waals surface area contributed by atoms with Crippen molar-refractivity contribution in [2.24, 2.45) is 0 Å². The first kappa shape index (κ1) is 14.1. The molecule has 4 N–H and O–H groups in total. The molecule has 0 fully saturated rings. The lowest BCUT2D eigenvalue weighted by Gasteiger charge is -2.20. The average Bonchev–Trinajstić information content (AvgIpc) is 2.29. The Morgan fingerprint density at radius 2 is 1.45 bits per heavy atom. The van der Waals surface area contributed by atoms with Crippen molar-refractivity contribution in [3.8, 4) is 17.2 Å². The number of benzene rings is 2. The maximum atomic E-state index is 10.1. The summed E-state index contributed by atoms with van der Waals surface area (Å²) in [5.74, 6) is 0.0388. The van der Waals surface area contributed by atoms with Crippen LogP contribution in [0, 0.1) is 0 Å². The van der Waals surface area contributed by atoms with E-state index in [0.29, 0.717) is 11.4 Å². The summed E-state index contributed by atoms with van der Waals surface area (Å²) >= 11 is 0. The minimum atomic E-state index is -0.0432. The molecule has 106 valence electrons. The summed E-state index contributed by atoms with van der Waals surface area (Å²) in [5.41, 5.74) is 2.00. The molecule has 0 unspecified atom stereocenters. The number of phenolic OH excluding ortho intramolecular Hbond substituents is 3. The lowest BCUT2D eigenvalue weighted by Crippen LogP contribution is -2.10. The second kappa shape index (κ2) is 4.96. The normalized spacial score (nSPS) is 11.3.